The summed E-state index contributed by atoms with van der Waals surface area (Å²) in [5.41, 5.74) is -0.658. The Bertz CT molecular complexity index is 315. The molecule has 6 heteroatoms. The first kappa shape index (κ1) is 12.7. The van der Waals surface area contributed by atoms with Crippen molar-refractivity contribution in [3.8, 4) is 0 Å². The van der Waals surface area contributed by atoms with E-state index in [1.54, 1.807) is 0 Å². The fourth-order valence-electron chi connectivity index (χ4n) is 2.07. The van der Waals surface area contributed by atoms with Gasteiger partial charge in [0.15, 0.2) is 0 Å². The molecule has 2 atom stereocenters. The van der Waals surface area contributed by atoms with Gasteiger partial charge in [0.25, 0.3) is 0 Å². The summed E-state index contributed by atoms with van der Waals surface area (Å²) in [4.78, 5) is 11.1. The largest absolute Gasteiger partial charge is 0.460 e. The third-order valence-corrected chi connectivity index (χ3v) is 3.91. The van der Waals surface area contributed by atoms with Gasteiger partial charge in [0.2, 0.25) is 0 Å². The molecule has 1 N–H and O–H groups in total. The lowest BCUT2D eigenvalue weighted by Gasteiger charge is -2.32. The molecular weight excluding hydrogens is 221 g/mol. The lowest BCUT2D eigenvalue weighted by molar-refractivity contribution is 0.00578. The average molecular weight is 241 g/mol. The number of rotatable bonds is 2. The zero-order valence-corrected chi connectivity index (χ0v) is 11.1. The number of hydrogen-bond acceptors (Lipinski definition) is 4. The van der Waals surface area contributed by atoms with Crippen molar-refractivity contribution >= 4 is 13.2 Å². The quantitative estimate of drug-likeness (QED) is 0.745. The maximum Gasteiger partial charge on any atom is 0.460 e. The van der Waals surface area contributed by atoms with Crippen LogP contribution in [0.1, 0.15) is 34.6 Å². The number of hydrogen-bond donors (Lipinski definition) is 1. The van der Waals surface area contributed by atoms with Crippen LogP contribution in [0.3, 0.4) is 0 Å². The van der Waals surface area contributed by atoms with E-state index in [1.807, 2.05) is 34.6 Å². The van der Waals surface area contributed by atoms with Crippen LogP contribution in [0, 0.1) is 0 Å². The lowest BCUT2D eigenvalue weighted by atomic mass is 9.79. The maximum atomic E-state index is 11.1. The number of ether oxygens (including phenoxy) is 1. The highest BCUT2D eigenvalue weighted by Crippen LogP contribution is 2.38. The summed E-state index contributed by atoms with van der Waals surface area (Å²) in [6, 6.07) is -0.0443. The van der Waals surface area contributed by atoms with E-state index >= 15 is 0 Å². The van der Waals surface area contributed by atoms with Crippen molar-refractivity contribution in [2.45, 2.75) is 64.3 Å². The number of carbonyl (C=O) groups excluding carboxylic acids is 1. The minimum Gasteiger partial charge on any atom is -0.444 e. The molecule has 0 aromatic heterocycles. The summed E-state index contributed by atoms with van der Waals surface area (Å²) in [5.74, 6) is 0. The molecule has 2 fully saturated rings. The number of alkyl carbamates (subject to hydrolysis) is 1. The van der Waals surface area contributed by atoms with Crippen LogP contribution in [-0.2, 0) is 14.0 Å². The van der Waals surface area contributed by atoms with E-state index in [1.165, 1.54) is 0 Å². The molecule has 96 valence electrons. The van der Waals surface area contributed by atoms with E-state index in [0.717, 1.165) is 0 Å². The predicted molar refractivity (Wildman–Crippen MR) is 63.8 cm³/mol. The molecule has 2 aliphatic heterocycles. The van der Waals surface area contributed by atoms with Gasteiger partial charge in [0.05, 0.1) is 17.2 Å². The third kappa shape index (κ3) is 2.28. The first-order valence-electron chi connectivity index (χ1n) is 6.04. The first-order chi connectivity index (χ1) is 7.71. The van der Waals surface area contributed by atoms with Gasteiger partial charge in [-0.15, -0.1) is 0 Å². The van der Waals surface area contributed by atoms with Crippen molar-refractivity contribution in [2.24, 2.45) is 0 Å². The highest BCUT2D eigenvalue weighted by Gasteiger charge is 2.52. The minimum absolute atomic E-state index is 0.0443. The Kier molecular flexibility index (Phi) is 2.90. The second-order valence-electron chi connectivity index (χ2n) is 5.78. The van der Waals surface area contributed by atoms with Crippen LogP contribution in [0.5, 0.6) is 0 Å². The van der Waals surface area contributed by atoms with Gasteiger partial charge in [0.1, 0.15) is 6.10 Å². The molecule has 2 rings (SSSR count). The van der Waals surface area contributed by atoms with Crippen molar-refractivity contribution in [2.75, 3.05) is 0 Å². The van der Waals surface area contributed by atoms with Crippen molar-refractivity contribution in [1.29, 1.82) is 0 Å². The average Bonchev–Trinajstić information content (AvgIpc) is 2.51. The zero-order valence-electron chi connectivity index (χ0n) is 11.1. The molecule has 2 heterocycles. The Balaban J connectivity index is 1.96. The van der Waals surface area contributed by atoms with Crippen LogP contribution in [-0.4, -0.2) is 36.6 Å². The van der Waals surface area contributed by atoms with E-state index < -0.39 is 0 Å². The van der Waals surface area contributed by atoms with Crippen LogP contribution in [0.4, 0.5) is 4.79 Å². The molecule has 0 spiro atoms. The van der Waals surface area contributed by atoms with Crippen LogP contribution in [0.2, 0.25) is 6.32 Å². The van der Waals surface area contributed by atoms with Gasteiger partial charge < -0.3 is 19.4 Å². The molecular formula is C11H20BNO4. The number of carbonyl (C=O) groups is 1. The first-order valence-corrected chi connectivity index (χ1v) is 6.04. The molecule has 0 aromatic carbocycles. The Morgan fingerprint density at radius 1 is 1.24 bits per heavy atom. The monoisotopic (exact) mass is 241 g/mol. The van der Waals surface area contributed by atoms with Gasteiger partial charge in [-0.05, 0) is 34.6 Å². The number of amides is 1. The summed E-state index contributed by atoms with van der Waals surface area (Å²) < 4.78 is 16.8. The van der Waals surface area contributed by atoms with Crippen LogP contribution in [0.15, 0.2) is 0 Å². The summed E-state index contributed by atoms with van der Waals surface area (Å²) in [6.45, 7) is 9.93. The van der Waals surface area contributed by atoms with E-state index in [-0.39, 0.29) is 36.6 Å². The van der Waals surface area contributed by atoms with Crippen LogP contribution < -0.4 is 5.32 Å². The summed E-state index contributed by atoms with van der Waals surface area (Å²) >= 11 is 0. The molecule has 0 aliphatic carbocycles. The van der Waals surface area contributed by atoms with Gasteiger partial charge in [-0.3, -0.25) is 0 Å². The van der Waals surface area contributed by atoms with Crippen molar-refractivity contribution in [3.63, 3.8) is 0 Å². The summed E-state index contributed by atoms with van der Waals surface area (Å²) in [6.07, 6.45) is 0.111. The van der Waals surface area contributed by atoms with Gasteiger partial charge in [-0.2, -0.15) is 0 Å². The minimum atomic E-state index is -0.362. The second kappa shape index (κ2) is 3.88. The van der Waals surface area contributed by atoms with E-state index in [2.05, 4.69) is 5.32 Å². The van der Waals surface area contributed by atoms with Crippen LogP contribution in [0.25, 0.3) is 0 Å². The normalized spacial score (nSPS) is 34.6. The molecule has 0 aromatic rings. The molecule has 1 amide bonds. The topological polar surface area (TPSA) is 56.8 Å². The summed E-state index contributed by atoms with van der Waals surface area (Å²) in [7, 11) is -0.297. The molecule has 0 radical (unpaired) electrons. The Morgan fingerprint density at radius 3 is 2.18 bits per heavy atom. The maximum absolute atomic E-state index is 11.1. The van der Waals surface area contributed by atoms with Crippen LogP contribution >= 0.6 is 0 Å². The fraction of sp³-hybridized carbons (Fsp3) is 0.909. The fourth-order valence-corrected chi connectivity index (χ4v) is 2.07. The zero-order chi connectivity index (χ0) is 12.8. The molecule has 5 nitrogen and oxygen atoms in total. The third-order valence-electron chi connectivity index (χ3n) is 3.91. The molecule has 0 unspecified atom stereocenters. The highest BCUT2D eigenvalue weighted by atomic mass is 16.7. The Hall–Kier alpha value is -0.745. The highest BCUT2D eigenvalue weighted by molar-refractivity contribution is 6.45. The molecule has 0 bridgehead atoms. The summed E-state index contributed by atoms with van der Waals surface area (Å²) in [5, 5.41) is 2.76. The number of nitrogens with one attached hydrogen (secondary N) is 1. The molecule has 17 heavy (non-hydrogen) atoms. The smallest absolute Gasteiger partial charge is 0.444 e. The van der Waals surface area contributed by atoms with E-state index in [0.29, 0.717) is 6.32 Å². The van der Waals surface area contributed by atoms with Gasteiger partial charge in [-0.25, -0.2) is 4.79 Å². The SMILES string of the molecule is C[C@H]1OC(=O)N[C@@H]1CB1OC(C)(C)C(C)(C)O1. The molecule has 2 aliphatic rings. The second-order valence-corrected chi connectivity index (χ2v) is 5.78. The van der Waals surface area contributed by atoms with Crippen molar-refractivity contribution in [3.05, 3.63) is 0 Å². The van der Waals surface area contributed by atoms with E-state index in [4.69, 9.17) is 14.0 Å². The lowest BCUT2D eigenvalue weighted by Crippen LogP contribution is -2.41. The van der Waals surface area contributed by atoms with Crippen molar-refractivity contribution in [1.82, 2.24) is 5.32 Å². The van der Waals surface area contributed by atoms with E-state index in [9.17, 15) is 4.79 Å². The molecule has 0 saturated carbocycles. The number of cyclic esters (lactones) is 1. The van der Waals surface area contributed by atoms with Gasteiger partial charge in [-0.1, -0.05) is 0 Å². The van der Waals surface area contributed by atoms with Crippen molar-refractivity contribution < 1.29 is 18.8 Å². The molecule has 2 saturated heterocycles. The predicted octanol–water partition coefficient (Wildman–Crippen LogP) is 1.58. The Morgan fingerprint density at radius 2 is 1.76 bits per heavy atom. The standard InChI is InChI=1S/C11H20BNO4/c1-7-8(13-9(14)15-7)6-12-16-10(2,3)11(4,5)17-12/h7-8H,6H2,1-5H3,(H,13,14)/t7-,8-/m1/s1. The Labute approximate surface area is 102 Å². The van der Waals surface area contributed by atoms with Gasteiger partial charge in [0, 0.05) is 6.32 Å². The van der Waals surface area contributed by atoms with Gasteiger partial charge >= 0.3 is 13.2 Å².